The summed E-state index contributed by atoms with van der Waals surface area (Å²) >= 11 is 0. The number of hydrogen-bond acceptors (Lipinski definition) is 2. The van der Waals surface area contributed by atoms with Crippen molar-refractivity contribution >= 4 is 5.91 Å². The molecule has 96 valence electrons. The minimum absolute atomic E-state index is 0.0121. The van der Waals surface area contributed by atoms with E-state index in [9.17, 15) is 9.90 Å². The number of aryl methyl sites for hydroxylation is 1. The van der Waals surface area contributed by atoms with E-state index in [1.54, 1.807) is 0 Å². The maximum Gasteiger partial charge on any atom is 0.254 e. The Morgan fingerprint density at radius 2 is 2.06 bits per heavy atom. The lowest BCUT2D eigenvalue weighted by atomic mass is 9.91. The van der Waals surface area contributed by atoms with Gasteiger partial charge in [-0.2, -0.15) is 0 Å². The summed E-state index contributed by atoms with van der Waals surface area (Å²) in [4.78, 5) is 14.3. The van der Waals surface area contributed by atoms with Crippen LogP contribution in [0.15, 0.2) is 18.2 Å². The van der Waals surface area contributed by atoms with Gasteiger partial charge in [0.1, 0.15) is 0 Å². The Morgan fingerprint density at radius 3 is 2.78 bits per heavy atom. The summed E-state index contributed by atoms with van der Waals surface area (Å²) < 4.78 is 0. The Hall–Kier alpha value is -1.35. The summed E-state index contributed by atoms with van der Waals surface area (Å²) in [7, 11) is 0. The van der Waals surface area contributed by atoms with Crippen molar-refractivity contribution in [3.8, 4) is 0 Å². The standard InChI is InChI=1S/C15H19NO2/c1-10-5-4-6-11-12(10)9-16(15(11)18)13-7-2-3-8-14(13)17/h4-6,13-14,17H,2-3,7-9H2,1H3. The van der Waals surface area contributed by atoms with E-state index in [-0.39, 0.29) is 18.1 Å². The highest BCUT2D eigenvalue weighted by Crippen LogP contribution is 2.32. The molecule has 0 aromatic heterocycles. The Kier molecular flexibility index (Phi) is 2.86. The van der Waals surface area contributed by atoms with Gasteiger partial charge in [-0.15, -0.1) is 0 Å². The third kappa shape index (κ3) is 1.74. The summed E-state index contributed by atoms with van der Waals surface area (Å²) in [6.45, 7) is 2.72. The molecular weight excluding hydrogens is 226 g/mol. The van der Waals surface area contributed by atoms with Crippen LogP contribution in [0.3, 0.4) is 0 Å². The van der Waals surface area contributed by atoms with Gasteiger partial charge in [-0.3, -0.25) is 4.79 Å². The number of carbonyl (C=O) groups excluding carboxylic acids is 1. The van der Waals surface area contributed by atoms with Gasteiger partial charge >= 0.3 is 0 Å². The quantitative estimate of drug-likeness (QED) is 0.824. The van der Waals surface area contributed by atoms with Crippen LogP contribution in [-0.2, 0) is 6.54 Å². The molecule has 3 heteroatoms. The zero-order valence-electron chi connectivity index (χ0n) is 10.7. The first-order chi connectivity index (χ1) is 8.68. The molecule has 2 aliphatic rings. The Balaban J connectivity index is 1.90. The fourth-order valence-corrected chi connectivity index (χ4v) is 3.23. The van der Waals surface area contributed by atoms with E-state index in [2.05, 4.69) is 0 Å². The van der Waals surface area contributed by atoms with Gasteiger partial charge < -0.3 is 10.0 Å². The fraction of sp³-hybridized carbons (Fsp3) is 0.533. The number of nitrogens with zero attached hydrogens (tertiary/aromatic N) is 1. The second-order valence-corrected chi connectivity index (χ2v) is 5.45. The minimum atomic E-state index is -0.350. The van der Waals surface area contributed by atoms with E-state index in [1.807, 2.05) is 30.0 Å². The lowest BCUT2D eigenvalue weighted by molar-refractivity contribution is 0.0191. The number of aliphatic hydroxyl groups is 1. The normalized spacial score (nSPS) is 27.4. The van der Waals surface area contributed by atoms with E-state index in [0.29, 0.717) is 6.54 Å². The van der Waals surface area contributed by atoms with Crippen molar-refractivity contribution in [2.75, 3.05) is 0 Å². The Bertz CT molecular complexity index is 483. The third-order valence-corrected chi connectivity index (χ3v) is 4.32. The molecule has 18 heavy (non-hydrogen) atoms. The summed E-state index contributed by atoms with van der Waals surface area (Å²) in [6, 6.07) is 5.90. The number of carbonyl (C=O) groups is 1. The fourth-order valence-electron chi connectivity index (χ4n) is 3.23. The van der Waals surface area contributed by atoms with Crippen molar-refractivity contribution in [3.05, 3.63) is 34.9 Å². The molecule has 1 aliphatic carbocycles. The molecule has 0 bridgehead atoms. The zero-order chi connectivity index (χ0) is 12.7. The molecule has 0 radical (unpaired) electrons. The average molecular weight is 245 g/mol. The number of amides is 1. The van der Waals surface area contributed by atoms with Crippen LogP contribution in [0.1, 0.15) is 47.2 Å². The van der Waals surface area contributed by atoms with Crippen LogP contribution in [0.2, 0.25) is 0 Å². The summed E-state index contributed by atoms with van der Waals surface area (Å²) in [6.07, 6.45) is 3.59. The van der Waals surface area contributed by atoms with E-state index in [1.165, 1.54) is 5.56 Å². The van der Waals surface area contributed by atoms with Crippen LogP contribution in [0.25, 0.3) is 0 Å². The molecule has 1 N–H and O–H groups in total. The van der Waals surface area contributed by atoms with Gasteiger partial charge in [-0.1, -0.05) is 25.0 Å². The van der Waals surface area contributed by atoms with Crippen molar-refractivity contribution < 1.29 is 9.90 Å². The lowest BCUT2D eigenvalue weighted by Crippen LogP contribution is -2.45. The molecule has 0 saturated heterocycles. The average Bonchev–Trinajstić information content (AvgIpc) is 2.70. The van der Waals surface area contributed by atoms with Crippen molar-refractivity contribution in [3.63, 3.8) is 0 Å². The number of fused-ring (bicyclic) bond motifs is 1. The van der Waals surface area contributed by atoms with E-state index in [0.717, 1.165) is 36.8 Å². The highest BCUT2D eigenvalue weighted by atomic mass is 16.3. The van der Waals surface area contributed by atoms with Crippen molar-refractivity contribution in [2.24, 2.45) is 0 Å². The monoisotopic (exact) mass is 245 g/mol. The predicted octanol–water partition coefficient (Wildman–Crippen LogP) is 2.25. The molecule has 0 spiro atoms. The maximum absolute atomic E-state index is 12.4. The third-order valence-electron chi connectivity index (χ3n) is 4.32. The van der Waals surface area contributed by atoms with Crippen LogP contribution in [0.4, 0.5) is 0 Å². The van der Waals surface area contributed by atoms with Crippen LogP contribution in [-0.4, -0.2) is 28.1 Å². The highest BCUT2D eigenvalue weighted by molar-refractivity contribution is 5.99. The van der Waals surface area contributed by atoms with Gasteiger partial charge in [-0.25, -0.2) is 0 Å². The van der Waals surface area contributed by atoms with Crippen LogP contribution in [0, 0.1) is 6.92 Å². The van der Waals surface area contributed by atoms with Crippen LogP contribution < -0.4 is 0 Å². The molecule has 2 unspecified atom stereocenters. The number of hydrogen-bond donors (Lipinski definition) is 1. The van der Waals surface area contributed by atoms with E-state index in [4.69, 9.17) is 0 Å². The van der Waals surface area contributed by atoms with E-state index < -0.39 is 0 Å². The van der Waals surface area contributed by atoms with Gasteiger partial charge in [0.25, 0.3) is 5.91 Å². The number of aliphatic hydroxyl groups excluding tert-OH is 1. The topological polar surface area (TPSA) is 40.5 Å². The lowest BCUT2D eigenvalue weighted by Gasteiger charge is -2.35. The summed E-state index contributed by atoms with van der Waals surface area (Å²) in [5, 5.41) is 10.1. The maximum atomic E-state index is 12.4. The van der Waals surface area contributed by atoms with Crippen molar-refractivity contribution in [2.45, 2.75) is 51.3 Å². The molecule has 1 aromatic carbocycles. The predicted molar refractivity (Wildman–Crippen MR) is 69.3 cm³/mol. The van der Waals surface area contributed by atoms with Gasteiger partial charge in [0.05, 0.1) is 12.1 Å². The minimum Gasteiger partial charge on any atom is -0.391 e. The SMILES string of the molecule is Cc1cccc2c1CN(C1CCCCC1O)C2=O. The molecule has 1 fully saturated rings. The molecule has 3 nitrogen and oxygen atoms in total. The Labute approximate surface area is 107 Å². The van der Waals surface area contributed by atoms with Crippen molar-refractivity contribution in [1.29, 1.82) is 0 Å². The molecule has 2 atom stereocenters. The van der Waals surface area contributed by atoms with Crippen molar-refractivity contribution in [1.82, 2.24) is 4.90 Å². The first-order valence-corrected chi connectivity index (χ1v) is 6.76. The highest BCUT2D eigenvalue weighted by Gasteiger charge is 2.37. The molecule has 1 saturated carbocycles. The van der Waals surface area contributed by atoms with Gasteiger partial charge in [0.2, 0.25) is 0 Å². The molecule has 1 aliphatic heterocycles. The first-order valence-electron chi connectivity index (χ1n) is 6.76. The van der Waals surface area contributed by atoms with Gasteiger partial charge in [0, 0.05) is 12.1 Å². The second kappa shape index (κ2) is 4.39. The number of rotatable bonds is 1. The van der Waals surface area contributed by atoms with E-state index >= 15 is 0 Å². The summed E-state index contributed by atoms with van der Waals surface area (Å²) in [5.74, 6) is 0.0969. The second-order valence-electron chi connectivity index (χ2n) is 5.45. The molecule has 1 aromatic rings. The Morgan fingerprint density at radius 1 is 1.28 bits per heavy atom. The van der Waals surface area contributed by atoms with Gasteiger partial charge in [0.15, 0.2) is 0 Å². The molecular formula is C15H19NO2. The largest absolute Gasteiger partial charge is 0.391 e. The zero-order valence-corrected chi connectivity index (χ0v) is 10.7. The first kappa shape index (κ1) is 11.7. The molecule has 1 amide bonds. The number of benzene rings is 1. The van der Waals surface area contributed by atoms with Crippen LogP contribution >= 0.6 is 0 Å². The molecule has 1 heterocycles. The molecule has 3 rings (SSSR count). The summed E-state index contributed by atoms with van der Waals surface area (Å²) in [5.41, 5.74) is 3.14. The smallest absolute Gasteiger partial charge is 0.254 e. The van der Waals surface area contributed by atoms with Crippen LogP contribution in [0.5, 0.6) is 0 Å². The van der Waals surface area contributed by atoms with Gasteiger partial charge in [-0.05, 0) is 37.0 Å².